The van der Waals surface area contributed by atoms with E-state index in [0.717, 1.165) is 16.1 Å². The van der Waals surface area contributed by atoms with E-state index in [4.69, 9.17) is 16.0 Å². The smallest absolute Gasteiger partial charge is 0.0953 e. The fraction of sp³-hybridized carbons (Fsp3) is 0.286. The van der Waals surface area contributed by atoms with Crippen LogP contribution in [0, 0.1) is 13.8 Å². The van der Waals surface area contributed by atoms with Crippen LogP contribution < -0.4 is 5.32 Å². The number of nitrogens with one attached hydrogen (secondary N) is 1. The average Bonchev–Trinajstić information content (AvgIpc) is 2.80. The lowest BCUT2D eigenvalue weighted by atomic mass is 9.97. The second-order valence-corrected chi connectivity index (χ2v) is 4.64. The van der Waals surface area contributed by atoms with Crippen LogP contribution in [-0.2, 0) is 0 Å². The van der Waals surface area contributed by atoms with Gasteiger partial charge in [0.1, 0.15) is 0 Å². The summed E-state index contributed by atoms with van der Waals surface area (Å²) in [5.41, 5.74) is 4.62. The van der Waals surface area contributed by atoms with Crippen molar-refractivity contribution in [2.24, 2.45) is 0 Å². The summed E-state index contributed by atoms with van der Waals surface area (Å²) in [7, 11) is 1.92. The standard InChI is InChI=1S/C14H16ClNO/c1-9-6-12(13(15)7-10(9)2)14(16-3)11-4-5-17-8-11/h4-8,14,16H,1-3H3. The van der Waals surface area contributed by atoms with Gasteiger partial charge in [0, 0.05) is 10.6 Å². The van der Waals surface area contributed by atoms with Gasteiger partial charge in [-0.2, -0.15) is 0 Å². The van der Waals surface area contributed by atoms with Gasteiger partial charge in [-0.1, -0.05) is 17.7 Å². The van der Waals surface area contributed by atoms with Crippen molar-refractivity contribution >= 4 is 11.6 Å². The monoisotopic (exact) mass is 249 g/mol. The second-order valence-electron chi connectivity index (χ2n) is 4.24. The number of benzene rings is 1. The highest BCUT2D eigenvalue weighted by Crippen LogP contribution is 2.30. The predicted molar refractivity (Wildman–Crippen MR) is 70.5 cm³/mol. The molecule has 2 aromatic rings. The Morgan fingerprint density at radius 1 is 1.24 bits per heavy atom. The zero-order chi connectivity index (χ0) is 12.4. The van der Waals surface area contributed by atoms with Gasteiger partial charge < -0.3 is 9.73 Å². The quantitative estimate of drug-likeness (QED) is 0.894. The van der Waals surface area contributed by atoms with Crippen molar-refractivity contribution in [3.63, 3.8) is 0 Å². The maximum absolute atomic E-state index is 6.32. The summed E-state index contributed by atoms with van der Waals surface area (Å²) in [6, 6.07) is 6.16. The number of hydrogen-bond acceptors (Lipinski definition) is 2. The summed E-state index contributed by atoms with van der Waals surface area (Å²) in [5.74, 6) is 0. The zero-order valence-corrected chi connectivity index (χ0v) is 11.0. The molecule has 0 aliphatic heterocycles. The van der Waals surface area contributed by atoms with Crippen molar-refractivity contribution in [2.75, 3.05) is 7.05 Å². The van der Waals surface area contributed by atoms with Crippen LogP contribution in [0.25, 0.3) is 0 Å². The van der Waals surface area contributed by atoms with Crippen molar-refractivity contribution in [1.82, 2.24) is 5.32 Å². The molecule has 0 amide bonds. The van der Waals surface area contributed by atoms with E-state index < -0.39 is 0 Å². The highest BCUT2D eigenvalue weighted by molar-refractivity contribution is 6.31. The Morgan fingerprint density at radius 3 is 2.53 bits per heavy atom. The molecule has 0 fully saturated rings. The lowest BCUT2D eigenvalue weighted by Crippen LogP contribution is -2.17. The number of hydrogen-bond donors (Lipinski definition) is 1. The average molecular weight is 250 g/mol. The maximum Gasteiger partial charge on any atom is 0.0953 e. The van der Waals surface area contributed by atoms with Crippen molar-refractivity contribution in [3.8, 4) is 0 Å². The fourth-order valence-electron chi connectivity index (χ4n) is 1.97. The van der Waals surface area contributed by atoms with E-state index in [1.54, 1.807) is 12.5 Å². The number of furan rings is 1. The van der Waals surface area contributed by atoms with E-state index in [9.17, 15) is 0 Å². The summed E-state index contributed by atoms with van der Waals surface area (Å²) < 4.78 is 5.13. The van der Waals surface area contributed by atoms with E-state index in [-0.39, 0.29) is 6.04 Å². The van der Waals surface area contributed by atoms with Crippen LogP contribution >= 0.6 is 11.6 Å². The Bertz CT molecular complexity index is 505. The zero-order valence-electron chi connectivity index (χ0n) is 10.3. The molecule has 3 heteroatoms. The third kappa shape index (κ3) is 2.38. The summed E-state index contributed by atoms with van der Waals surface area (Å²) in [5, 5.41) is 4.05. The fourth-order valence-corrected chi connectivity index (χ4v) is 2.29. The molecule has 2 rings (SSSR count). The van der Waals surface area contributed by atoms with Gasteiger partial charge in [0.05, 0.1) is 18.6 Å². The van der Waals surface area contributed by atoms with Crippen LogP contribution in [0.1, 0.15) is 28.3 Å². The van der Waals surface area contributed by atoms with Crippen molar-refractivity contribution in [1.29, 1.82) is 0 Å². The molecule has 0 spiro atoms. The highest BCUT2D eigenvalue weighted by atomic mass is 35.5. The van der Waals surface area contributed by atoms with Crippen LogP contribution in [0.5, 0.6) is 0 Å². The lowest BCUT2D eigenvalue weighted by molar-refractivity contribution is 0.557. The predicted octanol–water partition coefficient (Wildman–Crippen LogP) is 3.86. The van der Waals surface area contributed by atoms with Crippen LogP contribution in [0.3, 0.4) is 0 Å². The lowest BCUT2D eigenvalue weighted by Gasteiger charge is -2.18. The van der Waals surface area contributed by atoms with Crippen LogP contribution in [0.2, 0.25) is 5.02 Å². The van der Waals surface area contributed by atoms with Gasteiger partial charge >= 0.3 is 0 Å². The van der Waals surface area contributed by atoms with Gasteiger partial charge in [0.15, 0.2) is 0 Å². The maximum atomic E-state index is 6.32. The molecule has 0 aliphatic rings. The van der Waals surface area contributed by atoms with Gasteiger partial charge in [-0.25, -0.2) is 0 Å². The molecule has 0 saturated heterocycles. The molecule has 1 unspecified atom stereocenters. The van der Waals surface area contributed by atoms with E-state index in [1.807, 2.05) is 19.2 Å². The minimum atomic E-state index is 0.0700. The van der Waals surface area contributed by atoms with Crippen molar-refractivity contribution in [3.05, 3.63) is 58.0 Å². The van der Waals surface area contributed by atoms with E-state index in [2.05, 4.69) is 25.2 Å². The largest absolute Gasteiger partial charge is 0.472 e. The van der Waals surface area contributed by atoms with Crippen LogP contribution in [-0.4, -0.2) is 7.05 Å². The number of aryl methyl sites for hydroxylation is 2. The van der Waals surface area contributed by atoms with Gasteiger partial charge in [-0.15, -0.1) is 0 Å². The molecule has 0 saturated carbocycles. The molecular formula is C14H16ClNO. The van der Waals surface area contributed by atoms with Crippen molar-refractivity contribution < 1.29 is 4.42 Å². The Balaban J connectivity index is 2.48. The molecule has 1 N–H and O–H groups in total. The second kappa shape index (κ2) is 4.94. The van der Waals surface area contributed by atoms with E-state index in [0.29, 0.717) is 0 Å². The first-order valence-corrected chi connectivity index (χ1v) is 5.97. The van der Waals surface area contributed by atoms with E-state index >= 15 is 0 Å². The Morgan fingerprint density at radius 2 is 1.94 bits per heavy atom. The van der Waals surface area contributed by atoms with E-state index in [1.165, 1.54) is 11.1 Å². The van der Waals surface area contributed by atoms with Gasteiger partial charge in [-0.05, 0) is 49.7 Å². The molecule has 0 aliphatic carbocycles. The first-order chi connectivity index (χ1) is 8.13. The molecule has 1 heterocycles. The van der Waals surface area contributed by atoms with Crippen LogP contribution in [0.15, 0.2) is 35.1 Å². The Labute approximate surface area is 107 Å². The minimum absolute atomic E-state index is 0.0700. The normalized spacial score (nSPS) is 12.7. The van der Waals surface area contributed by atoms with Crippen molar-refractivity contribution in [2.45, 2.75) is 19.9 Å². The molecule has 1 aromatic heterocycles. The third-order valence-electron chi connectivity index (χ3n) is 3.09. The summed E-state index contributed by atoms with van der Waals surface area (Å²) in [6.07, 6.45) is 3.42. The Hall–Kier alpha value is -1.25. The first-order valence-electron chi connectivity index (χ1n) is 5.59. The van der Waals surface area contributed by atoms with Gasteiger partial charge in [0.2, 0.25) is 0 Å². The van der Waals surface area contributed by atoms with Crippen LogP contribution in [0.4, 0.5) is 0 Å². The topological polar surface area (TPSA) is 25.2 Å². The molecule has 1 aromatic carbocycles. The molecule has 17 heavy (non-hydrogen) atoms. The van der Waals surface area contributed by atoms with Gasteiger partial charge in [0.25, 0.3) is 0 Å². The SMILES string of the molecule is CNC(c1ccoc1)c1cc(C)c(C)cc1Cl. The van der Waals surface area contributed by atoms with Gasteiger partial charge in [-0.3, -0.25) is 0 Å². The summed E-state index contributed by atoms with van der Waals surface area (Å²) in [4.78, 5) is 0. The molecule has 1 atom stereocenters. The minimum Gasteiger partial charge on any atom is -0.472 e. The summed E-state index contributed by atoms with van der Waals surface area (Å²) >= 11 is 6.32. The molecular weight excluding hydrogens is 234 g/mol. The molecule has 90 valence electrons. The molecule has 0 radical (unpaired) electrons. The Kier molecular flexibility index (Phi) is 3.55. The summed E-state index contributed by atoms with van der Waals surface area (Å²) in [6.45, 7) is 4.16. The third-order valence-corrected chi connectivity index (χ3v) is 3.42. The molecule has 0 bridgehead atoms. The number of halogens is 1. The molecule has 2 nitrogen and oxygen atoms in total. The highest BCUT2D eigenvalue weighted by Gasteiger charge is 2.17. The number of rotatable bonds is 3. The first kappa shape index (κ1) is 12.2.